The maximum Gasteiger partial charge on any atom is 0.408 e. The average molecular weight is 519 g/mol. The first-order valence-corrected chi connectivity index (χ1v) is 12.2. The van der Waals surface area contributed by atoms with Crippen LogP contribution in [0.1, 0.15) is 39.9 Å². The van der Waals surface area contributed by atoms with Crippen molar-refractivity contribution in [2.24, 2.45) is 5.92 Å². The van der Waals surface area contributed by atoms with Gasteiger partial charge in [-0.25, -0.2) is 4.98 Å². The van der Waals surface area contributed by atoms with Gasteiger partial charge in [-0.2, -0.15) is 13.2 Å². The Morgan fingerprint density at radius 2 is 2.03 bits per heavy atom. The van der Waals surface area contributed by atoms with Crippen molar-refractivity contribution in [2.45, 2.75) is 45.5 Å². The van der Waals surface area contributed by atoms with Crippen molar-refractivity contribution in [2.75, 3.05) is 11.4 Å². The summed E-state index contributed by atoms with van der Waals surface area (Å²) in [6.07, 6.45) is -4.18. The van der Waals surface area contributed by atoms with E-state index in [1.54, 1.807) is 23.6 Å². The number of alkyl halides is 3. The molecule has 0 saturated carbocycles. The molecule has 0 amide bonds. The summed E-state index contributed by atoms with van der Waals surface area (Å²) in [7, 11) is 0. The molecule has 36 heavy (non-hydrogen) atoms. The largest absolute Gasteiger partial charge is 0.488 e. The van der Waals surface area contributed by atoms with Crippen LogP contribution >= 0.6 is 11.3 Å². The first-order valence-electron chi connectivity index (χ1n) is 11.4. The van der Waals surface area contributed by atoms with Gasteiger partial charge >= 0.3 is 12.1 Å². The van der Waals surface area contributed by atoms with Gasteiger partial charge in [-0.05, 0) is 56.0 Å². The van der Waals surface area contributed by atoms with Crippen molar-refractivity contribution in [3.05, 3.63) is 64.0 Å². The van der Waals surface area contributed by atoms with E-state index in [4.69, 9.17) is 4.74 Å². The second-order valence-electron chi connectivity index (χ2n) is 8.92. The minimum Gasteiger partial charge on any atom is -0.488 e. The number of aromatic nitrogens is 1. The number of hydrogen-bond acceptors (Lipinski definition) is 6. The number of piperidine rings is 1. The zero-order valence-corrected chi connectivity index (χ0v) is 20.5. The first kappa shape index (κ1) is 25.7. The number of hydrogen-bond donors (Lipinski definition) is 1. The number of carboxylic acids is 1. The lowest BCUT2D eigenvalue weighted by Gasteiger charge is -2.38. The van der Waals surface area contributed by atoms with Crippen molar-refractivity contribution in [1.29, 1.82) is 0 Å². The van der Waals surface area contributed by atoms with E-state index in [0.29, 0.717) is 22.6 Å². The highest BCUT2D eigenvalue weighted by atomic mass is 32.1. The molecule has 6 nitrogen and oxygen atoms in total. The molecule has 0 aliphatic carbocycles. The number of anilines is 1. The Morgan fingerprint density at radius 3 is 2.69 bits per heavy atom. The van der Waals surface area contributed by atoms with Gasteiger partial charge in [-0.3, -0.25) is 9.59 Å². The highest BCUT2D eigenvalue weighted by molar-refractivity contribution is 7.14. The SMILES string of the molecule is Cc1ccc(OCc2ccc(C=O)cc2C)c(-c2csc(N3CCC(C(=O)O)CC3C(F)(F)F)n2)c1. The fraction of sp³-hybridized carbons (Fsp3) is 0.346. The average Bonchev–Trinajstić information content (AvgIpc) is 3.33. The van der Waals surface area contributed by atoms with Crippen LogP contribution in [0.25, 0.3) is 11.3 Å². The monoisotopic (exact) mass is 518 g/mol. The molecule has 1 aliphatic heterocycles. The standard InChI is InChI=1S/C26H25F3N2O4S/c1-15-3-6-22(35-13-19-5-4-17(12-32)10-16(19)2)20(9-15)21-14-36-25(30-21)31-8-7-18(24(33)34)11-23(31)26(27,28)29/h3-6,9-10,12,14,18,23H,7-8,11,13H2,1-2H3,(H,33,34). The number of nitrogens with zero attached hydrogens (tertiary/aromatic N) is 2. The third-order valence-corrected chi connectivity index (χ3v) is 7.24. The molecular formula is C26H25F3N2O4S. The van der Waals surface area contributed by atoms with Crippen LogP contribution in [0.15, 0.2) is 41.8 Å². The molecule has 1 fully saturated rings. The lowest BCUT2D eigenvalue weighted by molar-refractivity contribution is -0.161. The summed E-state index contributed by atoms with van der Waals surface area (Å²) in [6.45, 7) is 4.00. The van der Waals surface area contributed by atoms with E-state index in [1.807, 2.05) is 32.0 Å². The summed E-state index contributed by atoms with van der Waals surface area (Å²) in [5.41, 5.74) is 4.47. The Labute approximate surface area is 210 Å². The van der Waals surface area contributed by atoms with Gasteiger partial charge in [-0.1, -0.05) is 23.8 Å². The number of benzene rings is 2. The molecule has 2 aromatic carbocycles. The van der Waals surface area contributed by atoms with E-state index in [1.165, 1.54) is 4.90 Å². The summed E-state index contributed by atoms with van der Waals surface area (Å²) in [6, 6.07) is 8.96. The Hall–Kier alpha value is -3.40. The zero-order valence-electron chi connectivity index (χ0n) is 19.7. The number of carboxylic acid groups (broad SMARTS) is 1. The van der Waals surface area contributed by atoms with Gasteiger partial charge in [0.25, 0.3) is 0 Å². The molecule has 0 spiro atoms. The number of aryl methyl sites for hydroxylation is 2. The molecule has 10 heteroatoms. The number of aldehydes is 1. The summed E-state index contributed by atoms with van der Waals surface area (Å²) < 4.78 is 47.5. The van der Waals surface area contributed by atoms with Crippen molar-refractivity contribution in [1.82, 2.24) is 4.98 Å². The van der Waals surface area contributed by atoms with Gasteiger partial charge in [0, 0.05) is 23.1 Å². The minimum atomic E-state index is -4.57. The van der Waals surface area contributed by atoms with Crippen LogP contribution in [0.5, 0.6) is 5.75 Å². The molecule has 1 N–H and O–H groups in total. The van der Waals surface area contributed by atoms with Crippen molar-refractivity contribution < 1.29 is 32.6 Å². The first-order chi connectivity index (χ1) is 17.1. The van der Waals surface area contributed by atoms with Gasteiger partial charge < -0.3 is 14.7 Å². The fourth-order valence-electron chi connectivity index (χ4n) is 4.33. The summed E-state index contributed by atoms with van der Waals surface area (Å²) in [4.78, 5) is 28.0. The number of halogens is 3. The molecule has 1 aromatic heterocycles. The molecule has 0 bridgehead atoms. The number of carbonyl (C=O) groups is 2. The van der Waals surface area contributed by atoms with E-state index in [0.717, 1.165) is 34.3 Å². The number of carbonyl (C=O) groups excluding carboxylic acids is 1. The normalized spacial score (nSPS) is 18.2. The van der Waals surface area contributed by atoms with Crippen LogP contribution in [-0.2, 0) is 11.4 Å². The van der Waals surface area contributed by atoms with Crippen molar-refractivity contribution in [3.8, 4) is 17.0 Å². The lowest BCUT2D eigenvalue weighted by atomic mass is 9.91. The van der Waals surface area contributed by atoms with Crippen LogP contribution in [-0.4, -0.2) is 41.1 Å². The minimum absolute atomic E-state index is 0.0403. The highest BCUT2D eigenvalue weighted by Crippen LogP contribution is 2.41. The number of rotatable bonds is 7. The van der Waals surface area contributed by atoms with Crippen LogP contribution in [0.2, 0.25) is 0 Å². The Balaban J connectivity index is 1.59. The summed E-state index contributed by atoms with van der Waals surface area (Å²) in [5, 5.41) is 11.1. The molecule has 0 radical (unpaired) electrons. The van der Waals surface area contributed by atoms with Crippen molar-refractivity contribution in [3.63, 3.8) is 0 Å². The third-order valence-electron chi connectivity index (χ3n) is 6.36. The molecule has 2 atom stereocenters. The number of aliphatic carboxylic acids is 1. The predicted octanol–water partition coefficient (Wildman–Crippen LogP) is 6.05. The molecule has 3 aromatic rings. The highest BCUT2D eigenvalue weighted by Gasteiger charge is 2.49. The van der Waals surface area contributed by atoms with E-state index in [-0.39, 0.29) is 24.7 Å². The Kier molecular flexibility index (Phi) is 7.35. The van der Waals surface area contributed by atoms with Crippen molar-refractivity contribution >= 4 is 28.7 Å². The lowest BCUT2D eigenvalue weighted by Crippen LogP contribution is -2.52. The smallest absolute Gasteiger partial charge is 0.408 e. The van der Waals surface area contributed by atoms with Crippen LogP contribution < -0.4 is 9.64 Å². The summed E-state index contributed by atoms with van der Waals surface area (Å²) >= 11 is 1.09. The Bertz CT molecular complexity index is 1270. The van der Waals surface area contributed by atoms with Gasteiger partial charge in [0.15, 0.2) is 5.13 Å². The number of ether oxygens (including phenoxy) is 1. The van der Waals surface area contributed by atoms with Crippen LogP contribution in [0.4, 0.5) is 18.3 Å². The molecule has 2 unspecified atom stereocenters. The molecule has 2 heterocycles. The van der Waals surface area contributed by atoms with E-state index in [9.17, 15) is 27.9 Å². The fourth-order valence-corrected chi connectivity index (χ4v) is 5.23. The van der Waals surface area contributed by atoms with Gasteiger partial charge in [0.05, 0.1) is 11.6 Å². The maximum absolute atomic E-state index is 13.8. The molecule has 190 valence electrons. The topological polar surface area (TPSA) is 79.7 Å². The molecule has 1 aliphatic rings. The van der Waals surface area contributed by atoms with Gasteiger partial charge in [0.1, 0.15) is 24.7 Å². The van der Waals surface area contributed by atoms with Gasteiger partial charge in [0.2, 0.25) is 0 Å². The second-order valence-corrected chi connectivity index (χ2v) is 9.75. The van der Waals surface area contributed by atoms with Crippen LogP contribution in [0.3, 0.4) is 0 Å². The number of thiazole rings is 1. The van der Waals surface area contributed by atoms with E-state index >= 15 is 0 Å². The van der Waals surface area contributed by atoms with E-state index in [2.05, 4.69) is 4.98 Å². The van der Waals surface area contributed by atoms with Crippen LogP contribution in [0, 0.1) is 19.8 Å². The molecular weight excluding hydrogens is 493 g/mol. The predicted molar refractivity (Wildman–Crippen MR) is 131 cm³/mol. The molecule has 1 saturated heterocycles. The van der Waals surface area contributed by atoms with E-state index < -0.39 is 30.5 Å². The second kappa shape index (κ2) is 10.3. The third kappa shape index (κ3) is 5.53. The summed E-state index contributed by atoms with van der Waals surface area (Å²) in [5.74, 6) is -1.71. The maximum atomic E-state index is 13.8. The molecule has 4 rings (SSSR count). The van der Waals surface area contributed by atoms with Gasteiger partial charge in [-0.15, -0.1) is 11.3 Å². The Morgan fingerprint density at radius 1 is 1.25 bits per heavy atom. The quantitative estimate of drug-likeness (QED) is 0.384. The zero-order chi connectivity index (χ0) is 26.0.